The second-order valence-corrected chi connectivity index (χ2v) is 7.19. The van der Waals surface area contributed by atoms with E-state index in [1.165, 1.54) is 17.1 Å². The standard InChI is InChI=1S/C18H19F3N6O5/c19-9-3-8(4-10(20)13(9)21)11-5-27(25-23-11)14-15(30)12(6-29)32-17(16(14)31)18-24-22-7-26(18)1-2-28/h3-5,7,12,14-17,28-31H,1-2,6H2/t12-,14+,15+,16-,17-/m1/s1. The number of aliphatic hydroxyl groups is 4. The fourth-order valence-electron chi connectivity index (χ4n) is 3.65. The van der Waals surface area contributed by atoms with Crippen LogP contribution >= 0.6 is 0 Å². The van der Waals surface area contributed by atoms with Gasteiger partial charge in [-0.05, 0) is 12.1 Å². The fraction of sp³-hybridized carbons (Fsp3) is 0.444. The largest absolute Gasteiger partial charge is 0.395 e. The van der Waals surface area contributed by atoms with E-state index in [0.717, 1.165) is 16.8 Å². The molecule has 4 rings (SSSR count). The molecule has 0 saturated carbocycles. The number of hydrogen-bond acceptors (Lipinski definition) is 9. The molecule has 0 amide bonds. The van der Waals surface area contributed by atoms with Crippen molar-refractivity contribution in [3.63, 3.8) is 0 Å². The van der Waals surface area contributed by atoms with Gasteiger partial charge in [0.15, 0.2) is 23.3 Å². The number of benzene rings is 1. The van der Waals surface area contributed by atoms with E-state index < -0.39 is 54.5 Å². The van der Waals surface area contributed by atoms with Crippen LogP contribution in [0.4, 0.5) is 13.2 Å². The molecule has 1 saturated heterocycles. The summed E-state index contributed by atoms with van der Waals surface area (Å²) in [7, 11) is 0. The first-order valence-electron chi connectivity index (χ1n) is 9.53. The van der Waals surface area contributed by atoms with Crippen molar-refractivity contribution in [2.24, 2.45) is 0 Å². The van der Waals surface area contributed by atoms with Gasteiger partial charge in [-0.3, -0.25) is 0 Å². The molecule has 14 heteroatoms. The van der Waals surface area contributed by atoms with E-state index in [1.54, 1.807) is 0 Å². The van der Waals surface area contributed by atoms with Gasteiger partial charge >= 0.3 is 0 Å². The average molecular weight is 456 g/mol. The zero-order valence-electron chi connectivity index (χ0n) is 16.3. The van der Waals surface area contributed by atoms with Crippen LogP contribution in [0.15, 0.2) is 24.7 Å². The Kier molecular flexibility index (Phi) is 6.21. The van der Waals surface area contributed by atoms with Crippen LogP contribution in [0.1, 0.15) is 18.0 Å². The first-order valence-corrected chi connectivity index (χ1v) is 9.53. The third-order valence-electron chi connectivity index (χ3n) is 5.23. The first-order chi connectivity index (χ1) is 15.3. The number of aliphatic hydroxyl groups excluding tert-OH is 4. The molecule has 5 atom stereocenters. The van der Waals surface area contributed by atoms with Crippen LogP contribution in [0.2, 0.25) is 0 Å². The van der Waals surface area contributed by atoms with Gasteiger partial charge in [-0.2, -0.15) is 0 Å². The highest BCUT2D eigenvalue weighted by Gasteiger charge is 2.48. The molecular formula is C18H19F3N6O5. The summed E-state index contributed by atoms with van der Waals surface area (Å²) in [6.07, 6.45) is -2.70. The number of hydrogen-bond donors (Lipinski definition) is 4. The van der Waals surface area contributed by atoms with Gasteiger partial charge in [0.2, 0.25) is 0 Å². The Morgan fingerprint density at radius 2 is 1.75 bits per heavy atom. The average Bonchev–Trinajstić information content (AvgIpc) is 3.42. The first kappa shape index (κ1) is 22.3. The molecule has 1 aromatic carbocycles. The Morgan fingerprint density at radius 3 is 2.41 bits per heavy atom. The van der Waals surface area contributed by atoms with Crippen LogP contribution in [0.5, 0.6) is 0 Å². The lowest BCUT2D eigenvalue weighted by Crippen LogP contribution is -2.53. The highest BCUT2D eigenvalue weighted by Crippen LogP contribution is 2.37. The molecule has 0 spiro atoms. The van der Waals surface area contributed by atoms with Crippen molar-refractivity contribution in [2.75, 3.05) is 13.2 Å². The summed E-state index contributed by atoms with van der Waals surface area (Å²) in [5, 5.41) is 55.7. The minimum absolute atomic E-state index is 0.0470. The lowest BCUT2D eigenvalue weighted by atomic mass is 9.92. The zero-order chi connectivity index (χ0) is 23.0. The smallest absolute Gasteiger partial charge is 0.194 e. The van der Waals surface area contributed by atoms with Crippen LogP contribution in [0.25, 0.3) is 11.3 Å². The highest BCUT2D eigenvalue weighted by molar-refractivity contribution is 5.57. The topological polar surface area (TPSA) is 152 Å². The molecule has 3 heterocycles. The fourth-order valence-corrected chi connectivity index (χ4v) is 3.65. The molecule has 172 valence electrons. The van der Waals surface area contributed by atoms with Crippen molar-refractivity contribution < 1.29 is 38.3 Å². The Hall–Kier alpha value is -2.91. The molecule has 0 unspecified atom stereocenters. The molecular weight excluding hydrogens is 437 g/mol. The molecule has 0 bridgehead atoms. The van der Waals surface area contributed by atoms with Crippen molar-refractivity contribution in [3.05, 3.63) is 47.9 Å². The maximum atomic E-state index is 13.6. The van der Waals surface area contributed by atoms with Gasteiger partial charge in [-0.1, -0.05) is 5.21 Å². The number of nitrogens with zero attached hydrogens (tertiary/aromatic N) is 6. The summed E-state index contributed by atoms with van der Waals surface area (Å²) < 4.78 is 48.6. The minimum atomic E-state index is -1.63. The molecule has 0 radical (unpaired) electrons. The van der Waals surface area contributed by atoms with Gasteiger partial charge in [0, 0.05) is 12.1 Å². The minimum Gasteiger partial charge on any atom is -0.395 e. The van der Waals surface area contributed by atoms with Crippen LogP contribution in [0, 0.1) is 17.5 Å². The number of aromatic nitrogens is 6. The Morgan fingerprint density at radius 1 is 1.03 bits per heavy atom. The van der Waals surface area contributed by atoms with Crippen molar-refractivity contribution >= 4 is 0 Å². The highest BCUT2D eigenvalue weighted by atomic mass is 19.2. The van der Waals surface area contributed by atoms with Crippen molar-refractivity contribution in [3.8, 4) is 11.3 Å². The predicted octanol–water partition coefficient (Wildman–Crippen LogP) is -0.658. The van der Waals surface area contributed by atoms with Crippen LogP contribution < -0.4 is 0 Å². The summed E-state index contributed by atoms with van der Waals surface area (Å²) in [5.74, 6) is -4.31. The molecule has 11 nitrogen and oxygen atoms in total. The molecule has 32 heavy (non-hydrogen) atoms. The van der Waals surface area contributed by atoms with E-state index in [0.29, 0.717) is 0 Å². The molecule has 3 aromatic rings. The van der Waals surface area contributed by atoms with E-state index in [2.05, 4.69) is 20.5 Å². The van der Waals surface area contributed by atoms with Gasteiger partial charge in [0.05, 0.1) is 19.4 Å². The summed E-state index contributed by atoms with van der Waals surface area (Å²) in [4.78, 5) is 0. The molecule has 1 aliphatic rings. The lowest BCUT2D eigenvalue weighted by molar-refractivity contribution is -0.211. The van der Waals surface area contributed by atoms with Gasteiger partial charge < -0.3 is 29.7 Å². The van der Waals surface area contributed by atoms with E-state index in [9.17, 15) is 33.6 Å². The van der Waals surface area contributed by atoms with E-state index >= 15 is 0 Å². The summed E-state index contributed by atoms with van der Waals surface area (Å²) in [5.41, 5.74) is -0.157. The summed E-state index contributed by atoms with van der Waals surface area (Å²) in [6.45, 7) is -0.730. The number of rotatable bonds is 6. The van der Waals surface area contributed by atoms with Crippen molar-refractivity contribution in [1.82, 2.24) is 29.8 Å². The van der Waals surface area contributed by atoms with Gasteiger partial charge in [0.1, 0.15) is 42.5 Å². The van der Waals surface area contributed by atoms with Gasteiger partial charge in [0.25, 0.3) is 0 Å². The SMILES string of the molecule is OCCn1cnnc1[C@@H]1O[C@H](CO)[C@H](O)[C@H](n2cc(-c3cc(F)c(F)c(F)c3)nn2)[C@H]1O. The maximum Gasteiger partial charge on any atom is 0.194 e. The molecule has 1 fully saturated rings. The molecule has 0 aliphatic carbocycles. The third-order valence-corrected chi connectivity index (χ3v) is 5.23. The van der Waals surface area contributed by atoms with Crippen molar-refractivity contribution in [2.45, 2.75) is 37.0 Å². The summed E-state index contributed by atoms with van der Waals surface area (Å²) >= 11 is 0. The van der Waals surface area contributed by atoms with Gasteiger partial charge in [-0.25, -0.2) is 17.9 Å². The Balaban J connectivity index is 1.69. The molecule has 1 aliphatic heterocycles. The maximum absolute atomic E-state index is 13.6. The number of ether oxygens (including phenoxy) is 1. The predicted molar refractivity (Wildman–Crippen MR) is 98.2 cm³/mol. The van der Waals surface area contributed by atoms with Crippen LogP contribution in [-0.2, 0) is 11.3 Å². The lowest BCUT2D eigenvalue weighted by Gasteiger charge is -2.41. The number of halogens is 3. The Bertz CT molecular complexity index is 1070. The normalized spacial score (nSPS) is 25.9. The monoisotopic (exact) mass is 456 g/mol. The van der Waals surface area contributed by atoms with Crippen LogP contribution in [0.3, 0.4) is 0 Å². The second-order valence-electron chi connectivity index (χ2n) is 7.19. The van der Waals surface area contributed by atoms with E-state index in [4.69, 9.17) is 4.74 Å². The molecule has 4 N–H and O–H groups in total. The quantitative estimate of drug-likeness (QED) is 0.354. The van der Waals surface area contributed by atoms with E-state index in [-0.39, 0.29) is 30.2 Å². The Labute approximate surface area is 178 Å². The summed E-state index contributed by atoms with van der Waals surface area (Å²) in [6, 6.07) is 0.266. The zero-order valence-corrected chi connectivity index (χ0v) is 16.3. The third kappa shape index (κ3) is 3.86. The van der Waals surface area contributed by atoms with E-state index in [1.807, 2.05) is 0 Å². The van der Waals surface area contributed by atoms with Gasteiger partial charge in [-0.15, -0.1) is 15.3 Å². The molecule has 2 aromatic heterocycles. The van der Waals surface area contributed by atoms with Crippen LogP contribution in [-0.4, -0.2) is 81.7 Å². The van der Waals surface area contributed by atoms with Crippen molar-refractivity contribution in [1.29, 1.82) is 0 Å². The second kappa shape index (κ2) is 8.91.